The second kappa shape index (κ2) is 9.90. The van der Waals surface area contributed by atoms with Crippen molar-refractivity contribution in [3.05, 3.63) is 65.2 Å². The van der Waals surface area contributed by atoms with Gasteiger partial charge in [-0.05, 0) is 35.8 Å². The van der Waals surface area contributed by atoms with E-state index in [0.29, 0.717) is 30.2 Å². The second-order valence-corrected chi connectivity index (χ2v) is 5.60. The maximum absolute atomic E-state index is 12.3. The van der Waals surface area contributed by atoms with E-state index in [4.69, 9.17) is 9.47 Å². The van der Waals surface area contributed by atoms with E-state index in [-0.39, 0.29) is 5.57 Å². The van der Waals surface area contributed by atoms with Crippen LogP contribution < -0.4 is 14.8 Å². The van der Waals surface area contributed by atoms with Crippen LogP contribution in [0.3, 0.4) is 0 Å². The monoisotopic (exact) mass is 350 g/mol. The second-order valence-electron chi connectivity index (χ2n) is 5.60. The lowest BCUT2D eigenvalue weighted by Crippen LogP contribution is -2.23. The molecule has 0 fully saturated rings. The Hall–Kier alpha value is -3.26. The van der Waals surface area contributed by atoms with Gasteiger partial charge in [0.25, 0.3) is 5.91 Å². The summed E-state index contributed by atoms with van der Waals surface area (Å²) in [5, 5.41) is 12.1. The first-order valence-corrected chi connectivity index (χ1v) is 8.42. The third kappa shape index (κ3) is 5.38. The van der Waals surface area contributed by atoms with Gasteiger partial charge in [-0.3, -0.25) is 4.79 Å². The highest BCUT2D eigenvalue weighted by Gasteiger charge is 2.10. The van der Waals surface area contributed by atoms with E-state index < -0.39 is 5.91 Å². The summed E-state index contributed by atoms with van der Waals surface area (Å²) in [6.45, 7) is 2.94. The van der Waals surface area contributed by atoms with Crippen LogP contribution in [-0.4, -0.2) is 19.6 Å². The number of hydrogen-bond acceptors (Lipinski definition) is 4. The van der Waals surface area contributed by atoms with Crippen LogP contribution >= 0.6 is 0 Å². The number of methoxy groups -OCH3 is 1. The van der Waals surface area contributed by atoms with Gasteiger partial charge in [0.1, 0.15) is 11.6 Å². The minimum Gasteiger partial charge on any atom is -0.493 e. The molecule has 0 aliphatic heterocycles. The van der Waals surface area contributed by atoms with E-state index in [2.05, 4.69) is 5.32 Å². The molecule has 2 aromatic carbocycles. The molecule has 0 radical (unpaired) electrons. The number of nitrogens with one attached hydrogen (secondary N) is 1. The van der Waals surface area contributed by atoms with E-state index in [1.54, 1.807) is 31.4 Å². The lowest BCUT2D eigenvalue weighted by molar-refractivity contribution is -0.117. The van der Waals surface area contributed by atoms with Crippen LogP contribution in [0.15, 0.2) is 54.1 Å². The molecule has 0 unspecified atom stereocenters. The SMILES string of the molecule is CCCOc1cc(/C=C(\C#N)C(=O)NCc2ccccc2)ccc1OC. The van der Waals surface area contributed by atoms with Gasteiger partial charge in [-0.1, -0.05) is 43.3 Å². The summed E-state index contributed by atoms with van der Waals surface area (Å²) in [6, 6.07) is 16.8. The molecular weight excluding hydrogens is 328 g/mol. The summed E-state index contributed by atoms with van der Waals surface area (Å²) in [7, 11) is 1.57. The molecule has 26 heavy (non-hydrogen) atoms. The molecule has 2 rings (SSSR count). The molecule has 1 N–H and O–H groups in total. The summed E-state index contributed by atoms with van der Waals surface area (Å²) in [6.07, 6.45) is 2.41. The number of hydrogen-bond donors (Lipinski definition) is 1. The fourth-order valence-electron chi connectivity index (χ4n) is 2.30. The molecule has 0 aromatic heterocycles. The minimum atomic E-state index is -0.414. The van der Waals surface area contributed by atoms with Gasteiger partial charge in [0.2, 0.25) is 0 Å². The molecule has 5 heteroatoms. The fourth-order valence-corrected chi connectivity index (χ4v) is 2.30. The molecule has 5 nitrogen and oxygen atoms in total. The first-order chi connectivity index (χ1) is 12.7. The van der Waals surface area contributed by atoms with Crippen LogP contribution in [0.5, 0.6) is 11.5 Å². The number of rotatable bonds is 8. The van der Waals surface area contributed by atoms with Gasteiger partial charge in [-0.25, -0.2) is 0 Å². The van der Waals surface area contributed by atoms with Crippen LogP contribution in [0, 0.1) is 11.3 Å². The molecule has 0 saturated heterocycles. The molecule has 0 aliphatic rings. The average molecular weight is 350 g/mol. The smallest absolute Gasteiger partial charge is 0.262 e. The van der Waals surface area contributed by atoms with Crippen LogP contribution in [0.25, 0.3) is 6.08 Å². The summed E-state index contributed by atoms with van der Waals surface area (Å²) >= 11 is 0. The largest absolute Gasteiger partial charge is 0.493 e. The highest BCUT2D eigenvalue weighted by molar-refractivity contribution is 6.01. The number of carbonyl (C=O) groups excluding carboxylic acids is 1. The van der Waals surface area contributed by atoms with Crippen molar-refractivity contribution in [3.8, 4) is 17.6 Å². The lowest BCUT2D eigenvalue weighted by Gasteiger charge is -2.11. The summed E-state index contributed by atoms with van der Waals surface area (Å²) in [4.78, 5) is 12.3. The van der Waals surface area contributed by atoms with Gasteiger partial charge in [0, 0.05) is 6.54 Å². The predicted octanol–water partition coefficient (Wildman–Crippen LogP) is 3.71. The van der Waals surface area contributed by atoms with Crippen molar-refractivity contribution in [1.82, 2.24) is 5.32 Å². The Morgan fingerprint density at radius 2 is 1.96 bits per heavy atom. The molecule has 0 saturated carbocycles. The normalized spacial score (nSPS) is 10.7. The standard InChI is InChI=1S/C21H22N2O3/c1-3-11-26-20-13-17(9-10-19(20)25-2)12-18(14-22)21(24)23-15-16-7-5-4-6-8-16/h4-10,12-13H,3,11,15H2,1-2H3,(H,23,24)/b18-12+. The van der Waals surface area contributed by atoms with E-state index in [1.807, 2.05) is 43.3 Å². The number of nitriles is 1. The van der Waals surface area contributed by atoms with Crippen LogP contribution in [0.2, 0.25) is 0 Å². The van der Waals surface area contributed by atoms with Crippen molar-refractivity contribution >= 4 is 12.0 Å². The highest BCUT2D eigenvalue weighted by atomic mass is 16.5. The minimum absolute atomic E-state index is 0.0348. The number of amides is 1. The van der Waals surface area contributed by atoms with Crippen molar-refractivity contribution < 1.29 is 14.3 Å². The van der Waals surface area contributed by atoms with Gasteiger partial charge >= 0.3 is 0 Å². The summed E-state index contributed by atoms with van der Waals surface area (Å²) < 4.78 is 10.9. The molecule has 2 aromatic rings. The highest BCUT2D eigenvalue weighted by Crippen LogP contribution is 2.29. The Morgan fingerprint density at radius 3 is 2.62 bits per heavy atom. The van der Waals surface area contributed by atoms with Gasteiger partial charge in [0.05, 0.1) is 13.7 Å². The zero-order chi connectivity index (χ0) is 18.8. The number of nitrogens with zero attached hydrogens (tertiary/aromatic N) is 1. The number of benzene rings is 2. The summed E-state index contributed by atoms with van der Waals surface area (Å²) in [5.41, 5.74) is 1.70. The first-order valence-electron chi connectivity index (χ1n) is 8.42. The molecule has 134 valence electrons. The topological polar surface area (TPSA) is 71.3 Å². The van der Waals surface area contributed by atoms with E-state index in [1.165, 1.54) is 0 Å². The van der Waals surface area contributed by atoms with Crippen LogP contribution in [0.4, 0.5) is 0 Å². The van der Waals surface area contributed by atoms with Crippen LogP contribution in [-0.2, 0) is 11.3 Å². The lowest BCUT2D eigenvalue weighted by atomic mass is 10.1. The Kier molecular flexibility index (Phi) is 7.26. The number of carbonyl (C=O) groups is 1. The first kappa shape index (κ1) is 19.1. The van der Waals surface area contributed by atoms with Crippen molar-refractivity contribution in [1.29, 1.82) is 5.26 Å². The Bertz CT molecular complexity index is 808. The fraction of sp³-hybridized carbons (Fsp3) is 0.238. The zero-order valence-electron chi connectivity index (χ0n) is 15.0. The van der Waals surface area contributed by atoms with Crippen molar-refractivity contribution in [3.63, 3.8) is 0 Å². The molecular formula is C21H22N2O3. The molecule has 0 heterocycles. The zero-order valence-corrected chi connectivity index (χ0v) is 15.0. The van der Waals surface area contributed by atoms with Crippen LogP contribution in [0.1, 0.15) is 24.5 Å². The average Bonchev–Trinajstić information content (AvgIpc) is 2.69. The van der Waals surface area contributed by atoms with E-state index >= 15 is 0 Å². The third-order valence-electron chi connectivity index (χ3n) is 3.62. The maximum Gasteiger partial charge on any atom is 0.262 e. The van der Waals surface area contributed by atoms with Gasteiger partial charge in [-0.15, -0.1) is 0 Å². The summed E-state index contributed by atoms with van der Waals surface area (Å²) in [5.74, 6) is 0.788. The van der Waals surface area contributed by atoms with E-state index in [9.17, 15) is 10.1 Å². The molecule has 0 bridgehead atoms. The van der Waals surface area contributed by atoms with Crippen molar-refractivity contribution in [2.45, 2.75) is 19.9 Å². The maximum atomic E-state index is 12.3. The van der Waals surface area contributed by atoms with E-state index in [0.717, 1.165) is 12.0 Å². The Morgan fingerprint density at radius 1 is 1.19 bits per heavy atom. The molecule has 1 amide bonds. The predicted molar refractivity (Wildman–Crippen MR) is 101 cm³/mol. The van der Waals surface area contributed by atoms with Crippen molar-refractivity contribution in [2.24, 2.45) is 0 Å². The molecule has 0 aliphatic carbocycles. The van der Waals surface area contributed by atoms with Crippen molar-refractivity contribution in [2.75, 3.05) is 13.7 Å². The Balaban J connectivity index is 2.14. The molecule has 0 atom stereocenters. The van der Waals surface area contributed by atoms with Gasteiger partial charge < -0.3 is 14.8 Å². The van der Waals surface area contributed by atoms with Gasteiger partial charge in [-0.2, -0.15) is 5.26 Å². The molecule has 0 spiro atoms. The third-order valence-corrected chi connectivity index (χ3v) is 3.62. The Labute approximate surface area is 153 Å². The quantitative estimate of drug-likeness (QED) is 0.582. The number of ether oxygens (including phenoxy) is 2. The van der Waals surface area contributed by atoms with Gasteiger partial charge in [0.15, 0.2) is 11.5 Å².